The third kappa shape index (κ3) is 4.99. The largest absolute Gasteiger partial charge is 0.460 e. The first-order valence-corrected chi connectivity index (χ1v) is 16.7. The van der Waals surface area contributed by atoms with Gasteiger partial charge in [-0.2, -0.15) is 0 Å². The highest BCUT2D eigenvalue weighted by Gasteiger charge is 2.29. The van der Waals surface area contributed by atoms with Crippen LogP contribution in [0, 0.1) is 18.8 Å². The summed E-state index contributed by atoms with van der Waals surface area (Å²) >= 11 is 0. The van der Waals surface area contributed by atoms with E-state index in [1.54, 1.807) is 0 Å². The number of fused-ring (bicyclic) bond motifs is 4. The molecule has 1 aromatic heterocycles. The first kappa shape index (κ1) is 28.4. The minimum Gasteiger partial charge on any atom is -0.460 e. The number of hydrogen-bond donors (Lipinski definition) is 0. The quantitative estimate of drug-likeness (QED) is 0.186. The van der Waals surface area contributed by atoms with Gasteiger partial charge in [-0.1, -0.05) is 122 Å². The minimum atomic E-state index is 0.398. The molecule has 0 N–H and O–H groups in total. The number of benzene rings is 4. The van der Waals surface area contributed by atoms with E-state index in [1.807, 2.05) is 0 Å². The first-order valence-electron chi connectivity index (χ1n) is 16.7. The second-order valence-corrected chi connectivity index (χ2v) is 12.7. The monoisotopic (exact) mass is 597 g/mol. The van der Waals surface area contributed by atoms with Crippen molar-refractivity contribution in [2.24, 2.45) is 11.8 Å². The van der Waals surface area contributed by atoms with Crippen molar-refractivity contribution in [1.29, 1.82) is 0 Å². The standard InChI is InChI=1S/C44H39NO/c1-3-12-37-36-17-8-7-16-33(36)23-27-40(37)44-30(2)13-11-19-41(44)45(34-24-21-32(22-25-34)31-14-5-4-6-15-31)35-26-28-39-38-18-9-10-20-42(38)46-43(39)29-35/h4-9,11,13-19,21-29,33,36H,3,10,12,20H2,1-2H3. The Balaban J connectivity index is 1.33. The SMILES string of the molecule is CCCC1=C(c2c(C)cccc2N(c2ccc(-c3ccccc3)cc2)c2ccc3c4c(oc3c2)CCC=C4)C=CC2C=CC=CC12. The lowest BCUT2D eigenvalue weighted by Crippen LogP contribution is -2.19. The molecule has 3 aliphatic carbocycles. The maximum absolute atomic E-state index is 6.50. The Hall–Kier alpha value is -5.08. The van der Waals surface area contributed by atoms with Crippen LogP contribution in [0.25, 0.3) is 33.7 Å². The fourth-order valence-electron chi connectivity index (χ4n) is 7.59. The number of anilines is 3. The Morgan fingerprint density at radius 3 is 2.43 bits per heavy atom. The van der Waals surface area contributed by atoms with Crippen molar-refractivity contribution in [3.8, 4) is 11.1 Å². The summed E-state index contributed by atoms with van der Waals surface area (Å²) in [6, 6.07) is 33.1. The molecule has 0 bridgehead atoms. The fraction of sp³-hybridized carbons (Fsp3) is 0.182. The summed E-state index contributed by atoms with van der Waals surface area (Å²) in [6.45, 7) is 4.56. The number of nitrogens with zero attached hydrogens (tertiary/aromatic N) is 1. The minimum absolute atomic E-state index is 0.398. The molecule has 0 spiro atoms. The highest BCUT2D eigenvalue weighted by Crippen LogP contribution is 2.47. The zero-order valence-corrected chi connectivity index (χ0v) is 26.6. The van der Waals surface area contributed by atoms with Gasteiger partial charge < -0.3 is 9.32 Å². The molecule has 0 fully saturated rings. The predicted molar refractivity (Wildman–Crippen MR) is 195 cm³/mol. The van der Waals surface area contributed by atoms with Crippen LogP contribution in [0.5, 0.6) is 0 Å². The molecule has 0 amide bonds. The van der Waals surface area contributed by atoms with Crippen LogP contribution in [0.15, 0.2) is 144 Å². The van der Waals surface area contributed by atoms with Crippen LogP contribution in [0.3, 0.4) is 0 Å². The predicted octanol–water partition coefficient (Wildman–Crippen LogP) is 12.3. The van der Waals surface area contributed by atoms with Gasteiger partial charge in [-0.15, -0.1) is 0 Å². The summed E-state index contributed by atoms with van der Waals surface area (Å²) in [5.74, 6) is 1.91. The third-order valence-electron chi connectivity index (χ3n) is 9.79. The molecule has 2 unspecified atom stereocenters. The fourth-order valence-corrected chi connectivity index (χ4v) is 7.59. The Morgan fingerprint density at radius 1 is 0.783 bits per heavy atom. The van der Waals surface area contributed by atoms with Gasteiger partial charge in [0.2, 0.25) is 0 Å². The van der Waals surface area contributed by atoms with Crippen molar-refractivity contribution in [2.45, 2.75) is 39.5 Å². The normalized spacial score (nSPS) is 18.2. The molecule has 226 valence electrons. The van der Waals surface area contributed by atoms with Gasteiger partial charge in [-0.3, -0.25) is 0 Å². The number of hydrogen-bond acceptors (Lipinski definition) is 2. The van der Waals surface area contributed by atoms with Gasteiger partial charge in [0.1, 0.15) is 11.3 Å². The van der Waals surface area contributed by atoms with Gasteiger partial charge in [0, 0.05) is 52.2 Å². The van der Waals surface area contributed by atoms with Crippen LogP contribution >= 0.6 is 0 Å². The van der Waals surface area contributed by atoms with Gasteiger partial charge in [-0.05, 0) is 72.4 Å². The average Bonchev–Trinajstić information content (AvgIpc) is 3.48. The summed E-state index contributed by atoms with van der Waals surface area (Å²) in [5, 5.41) is 1.19. The molecule has 2 nitrogen and oxygen atoms in total. The van der Waals surface area contributed by atoms with E-state index in [0.717, 1.165) is 48.4 Å². The molecule has 2 heteroatoms. The molecule has 3 aliphatic rings. The summed E-state index contributed by atoms with van der Waals surface area (Å²) in [6.07, 6.45) is 22.6. The molecular weight excluding hydrogens is 558 g/mol. The second kappa shape index (κ2) is 12.0. The number of aryl methyl sites for hydroxylation is 2. The lowest BCUT2D eigenvalue weighted by Gasteiger charge is -2.34. The van der Waals surface area contributed by atoms with E-state index in [2.05, 4.69) is 158 Å². The number of rotatable bonds is 7. The molecule has 8 rings (SSSR count). The second-order valence-electron chi connectivity index (χ2n) is 12.7. The van der Waals surface area contributed by atoms with Crippen LogP contribution in [-0.4, -0.2) is 0 Å². The summed E-state index contributed by atoms with van der Waals surface area (Å²) in [5.41, 5.74) is 13.5. The third-order valence-corrected chi connectivity index (χ3v) is 9.79. The van der Waals surface area contributed by atoms with E-state index in [9.17, 15) is 0 Å². The van der Waals surface area contributed by atoms with Gasteiger partial charge in [-0.25, -0.2) is 0 Å². The molecule has 1 heterocycles. The van der Waals surface area contributed by atoms with Crippen LogP contribution in [0.1, 0.15) is 48.6 Å². The lowest BCUT2D eigenvalue weighted by atomic mass is 9.73. The molecule has 2 atom stereocenters. The maximum Gasteiger partial charge on any atom is 0.137 e. The van der Waals surface area contributed by atoms with Crippen molar-refractivity contribution in [1.82, 2.24) is 0 Å². The topological polar surface area (TPSA) is 16.4 Å². The van der Waals surface area contributed by atoms with Gasteiger partial charge in [0.05, 0.1) is 5.69 Å². The summed E-state index contributed by atoms with van der Waals surface area (Å²) in [4.78, 5) is 2.43. The Labute approximate surface area is 272 Å². The van der Waals surface area contributed by atoms with Gasteiger partial charge in [0.15, 0.2) is 0 Å². The molecule has 46 heavy (non-hydrogen) atoms. The van der Waals surface area contributed by atoms with Crippen molar-refractivity contribution < 1.29 is 4.42 Å². The Morgan fingerprint density at radius 2 is 1.59 bits per heavy atom. The number of allylic oxidation sites excluding steroid dienone is 9. The smallest absolute Gasteiger partial charge is 0.137 e. The van der Waals surface area contributed by atoms with Crippen LogP contribution in [0.2, 0.25) is 0 Å². The zero-order chi connectivity index (χ0) is 31.0. The average molecular weight is 598 g/mol. The van der Waals surface area contributed by atoms with Gasteiger partial charge in [0.25, 0.3) is 0 Å². The zero-order valence-electron chi connectivity index (χ0n) is 26.6. The summed E-state index contributed by atoms with van der Waals surface area (Å²) in [7, 11) is 0. The van der Waals surface area contributed by atoms with E-state index in [4.69, 9.17) is 4.42 Å². The molecular formula is C44H39NO. The molecule has 0 aliphatic heterocycles. The van der Waals surface area contributed by atoms with E-state index in [0.29, 0.717) is 11.8 Å². The summed E-state index contributed by atoms with van der Waals surface area (Å²) < 4.78 is 6.50. The van der Waals surface area contributed by atoms with Crippen LogP contribution < -0.4 is 4.90 Å². The van der Waals surface area contributed by atoms with Crippen LogP contribution in [-0.2, 0) is 6.42 Å². The van der Waals surface area contributed by atoms with E-state index < -0.39 is 0 Å². The van der Waals surface area contributed by atoms with E-state index >= 15 is 0 Å². The number of furan rings is 1. The maximum atomic E-state index is 6.50. The van der Waals surface area contributed by atoms with Crippen LogP contribution in [0.4, 0.5) is 17.1 Å². The Kier molecular flexibility index (Phi) is 7.42. The van der Waals surface area contributed by atoms with Crippen molar-refractivity contribution in [2.75, 3.05) is 4.90 Å². The molecule has 5 aromatic rings. The Bertz CT molecular complexity index is 2070. The van der Waals surface area contributed by atoms with E-state index in [1.165, 1.54) is 50.0 Å². The molecule has 0 saturated heterocycles. The van der Waals surface area contributed by atoms with Gasteiger partial charge >= 0.3 is 0 Å². The molecule has 0 radical (unpaired) electrons. The molecule has 0 saturated carbocycles. The highest BCUT2D eigenvalue weighted by molar-refractivity contribution is 5.96. The first-order chi connectivity index (χ1) is 22.7. The van der Waals surface area contributed by atoms with Crippen molar-refractivity contribution in [3.63, 3.8) is 0 Å². The molecule has 4 aromatic carbocycles. The lowest BCUT2D eigenvalue weighted by molar-refractivity contribution is 0.546. The van der Waals surface area contributed by atoms with E-state index in [-0.39, 0.29) is 0 Å². The highest BCUT2D eigenvalue weighted by atomic mass is 16.3. The van der Waals surface area contributed by atoms with Crippen molar-refractivity contribution in [3.05, 3.63) is 162 Å². The van der Waals surface area contributed by atoms with Crippen molar-refractivity contribution >= 4 is 39.7 Å².